The van der Waals surface area contributed by atoms with Crippen LogP contribution in [0.4, 0.5) is 5.69 Å². The lowest BCUT2D eigenvalue weighted by molar-refractivity contribution is 0.0733. The molecule has 0 aromatic heterocycles. The number of nitrogen functional groups attached to an aromatic ring is 1. The van der Waals surface area contributed by atoms with E-state index in [1.165, 1.54) is 5.56 Å². The molecule has 1 heterocycles. The van der Waals surface area contributed by atoms with Crippen molar-refractivity contribution in [2.75, 3.05) is 25.4 Å². The highest BCUT2D eigenvalue weighted by atomic mass is 35.5. The number of ether oxygens (including phenoxy) is 1. The van der Waals surface area contributed by atoms with Gasteiger partial charge in [0, 0.05) is 30.3 Å². The SMILES string of the molecule is Cl.Nc1cccc(C(=O)N2CCC(COCc3ccccc3)C2)c1. The van der Waals surface area contributed by atoms with Crippen LogP contribution in [-0.4, -0.2) is 30.5 Å². The summed E-state index contributed by atoms with van der Waals surface area (Å²) in [6, 6.07) is 17.3. The number of halogens is 1. The summed E-state index contributed by atoms with van der Waals surface area (Å²) in [7, 11) is 0. The quantitative estimate of drug-likeness (QED) is 0.844. The molecular weight excluding hydrogens is 324 g/mol. The summed E-state index contributed by atoms with van der Waals surface area (Å²) >= 11 is 0. The van der Waals surface area contributed by atoms with Gasteiger partial charge in [-0.3, -0.25) is 4.79 Å². The van der Waals surface area contributed by atoms with Crippen molar-refractivity contribution in [2.24, 2.45) is 5.92 Å². The van der Waals surface area contributed by atoms with E-state index in [1.54, 1.807) is 12.1 Å². The van der Waals surface area contributed by atoms with Crippen molar-refractivity contribution in [3.8, 4) is 0 Å². The standard InChI is InChI=1S/C19H22N2O2.ClH/c20-18-8-4-7-17(11-18)19(22)21-10-9-16(12-21)14-23-13-15-5-2-1-3-6-15;/h1-8,11,16H,9-10,12-14,20H2;1H. The van der Waals surface area contributed by atoms with Crippen LogP contribution in [0, 0.1) is 5.92 Å². The molecule has 4 nitrogen and oxygen atoms in total. The van der Waals surface area contributed by atoms with Crippen molar-refractivity contribution in [1.29, 1.82) is 0 Å². The Morgan fingerprint density at radius 1 is 1.17 bits per heavy atom. The molecule has 0 saturated carbocycles. The number of carbonyl (C=O) groups is 1. The minimum absolute atomic E-state index is 0. The van der Waals surface area contributed by atoms with Crippen LogP contribution in [0.25, 0.3) is 0 Å². The van der Waals surface area contributed by atoms with Gasteiger partial charge in [0.15, 0.2) is 0 Å². The fourth-order valence-electron chi connectivity index (χ4n) is 2.93. The van der Waals surface area contributed by atoms with Gasteiger partial charge in [0.05, 0.1) is 13.2 Å². The number of carbonyl (C=O) groups excluding carboxylic acids is 1. The first-order chi connectivity index (χ1) is 11.2. The van der Waals surface area contributed by atoms with Crippen LogP contribution in [0.1, 0.15) is 22.3 Å². The molecule has 1 saturated heterocycles. The second-order valence-electron chi connectivity index (χ2n) is 6.03. The highest BCUT2D eigenvalue weighted by Gasteiger charge is 2.27. The summed E-state index contributed by atoms with van der Waals surface area (Å²) in [5.41, 5.74) is 8.22. The van der Waals surface area contributed by atoms with E-state index in [1.807, 2.05) is 35.2 Å². The molecule has 0 radical (unpaired) electrons. The number of benzene rings is 2. The van der Waals surface area contributed by atoms with E-state index in [4.69, 9.17) is 10.5 Å². The molecule has 1 fully saturated rings. The molecule has 1 amide bonds. The summed E-state index contributed by atoms with van der Waals surface area (Å²) in [6.45, 7) is 2.85. The van der Waals surface area contributed by atoms with Gasteiger partial charge in [-0.15, -0.1) is 12.4 Å². The van der Waals surface area contributed by atoms with Gasteiger partial charge >= 0.3 is 0 Å². The Labute approximate surface area is 149 Å². The molecule has 0 bridgehead atoms. The number of hydrogen-bond acceptors (Lipinski definition) is 3. The molecule has 2 aromatic rings. The van der Waals surface area contributed by atoms with Crippen LogP contribution < -0.4 is 5.73 Å². The van der Waals surface area contributed by atoms with Crippen LogP contribution >= 0.6 is 12.4 Å². The lowest BCUT2D eigenvalue weighted by Crippen LogP contribution is -2.29. The van der Waals surface area contributed by atoms with E-state index >= 15 is 0 Å². The van der Waals surface area contributed by atoms with E-state index in [0.29, 0.717) is 30.4 Å². The molecule has 1 unspecified atom stereocenters. The molecule has 0 spiro atoms. The first-order valence-corrected chi connectivity index (χ1v) is 7.99. The number of likely N-dealkylation sites (tertiary alicyclic amines) is 1. The average Bonchev–Trinajstić information content (AvgIpc) is 3.04. The van der Waals surface area contributed by atoms with Crippen LogP contribution in [0.5, 0.6) is 0 Å². The molecule has 2 aromatic carbocycles. The molecule has 1 aliphatic rings. The summed E-state index contributed by atoms with van der Waals surface area (Å²) in [5.74, 6) is 0.464. The van der Waals surface area contributed by atoms with Crippen molar-refractivity contribution in [3.05, 3.63) is 65.7 Å². The van der Waals surface area contributed by atoms with Crippen molar-refractivity contribution in [1.82, 2.24) is 4.90 Å². The Hall–Kier alpha value is -2.04. The van der Waals surface area contributed by atoms with Crippen molar-refractivity contribution < 1.29 is 9.53 Å². The molecule has 1 atom stereocenters. The minimum Gasteiger partial charge on any atom is -0.399 e. The predicted molar refractivity (Wildman–Crippen MR) is 98.2 cm³/mol. The maximum atomic E-state index is 12.5. The third-order valence-corrected chi connectivity index (χ3v) is 4.17. The predicted octanol–water partition coefficient (Wildman–Crippen LogP) is 3.37. The normalized spacial score (nSPS) is 16.7. The monoisotopic (exact) mass is 346 g/mol. The molecule has 128 valence electrons. The Morgan fingerprint density at radius 2 is 1.96 bits per heavy atom. The Kier molecular flexibility index (Phi) is 6.64. The third-order valence-electron chi connectivity index (χ3n) is 4.17. The number of anilines is 1. The van der Waals surface area contributed by atoms with E-state index in [2.05, 4.69) is 12.1 Å². The van der Waals surface area contributed by atoms with Gasteiger partial charge in [-0.25, -0.2) is 0 Å². The topological polar surface area (TPSA) is 55.6 Å². The van der Waals surface area contributed by atoms with Gasteiger partial charge < -0.3 is 15.4 Å². The second kappa shape index (κ2) is 8.71. The maximum Gasteiger partial charge on any atom is 0.253 e. The fourth-order valence-corrected chi connectivity index (χ4v) is 2.93. The van der Waals surface area contributed by atoms with E-state index < -0.39 is 0 Å². The zero-order valence-electron chi connectivity index (χ0n) is 13.6. The number of nitrogens with zero attached hydrogens (tertiary/aromatic N) is 1. The lowest BCUT2D eigenvalue weighted by Gasteiger charge is -2.17. The van der Waals surface area contributed by atoms with Crippen molar-refractivity contribution in [3.63, 3.8) is 0 Å². The van der Waals surface area contributed by atoms with E-state index in [0.717, 1.165) is 19.5 Å². The van der Waals surface area contributed by atoms with Gasteiger partial charge in [-0.2, -0.15) is 0 Å². The van der Waals surface area contributed by atoms with E-state index in [9.17, 15) is 4.79 Å². The Bertz CT molecular complexity index is 663. The first-order valence-electron chi connectivity index (χ1n) is 7.99. The molecule has 5 heteroatoms. The van der Waals surface area contributed by atoms with Crippen LogP contribution in [0.2, 0.25) is 0 Å². The van der Waals surface area contributed by atoms with Gasteiger partial charge in [0.2, 0.25) is 0 Å². The molecule has 0 aliphatic carbocycles. The molecule has 3 rings (SSSR count). The molecule has 1 aliphatic heterocycles. The number of amides is 1. The Balaban J connectivity index is 0.00000208. The zero-order valence-corrected chi connectivity index (χ0v) is 14.4. The maximum absolute atomic E-state index is 12.5. The smallest absolute Gasteiger partial charge is 0.253 e. The van der Waals surface area contributed by atoms with Gasteiger partial charge in [-0.1, -0.05) is 36.4 Å². The second-order valence-corrected chi connectivity index (χ2v) is 6.03. The first kappa shape index (κ1) is 18.3. The van der Waals surface area contributed by atoms with Crippen LogP contribution in [0.15, 0.2) is 54.6 Å². The van der Waals surface area contributed by atoms with Gasteiger partial charge in [-0.05, 0) is 30.2 Å². The highest BCUT2D eigenvalue weighted by Crippen LogP contribution is 2.20. The number of hydrogen-bond donors (Lipinski definition) is 1. The summed E-state index contributed by atoms with van der Waals surface area (Å²) < 4.78 is 5.80. The van der Waals surface area contributed by atoms with Crippen LogP contribution in [0.3, 0.4) is 0 Å². The van der Waals surface area contributed by atoms with Crippen molar-refractivity contribution in [2.45, 2.75) is 13.0 Å². The summed E-state index contributed by atoms with van der Waals surface area (Å²) in [4.78, 5) is 14.4. The minimum atomic E-state index is 0. The zero-order chi connectivity index (χ0) is 16.1. The number of rotatable bonds is 5. The van der Waals surface area contributed by atoms with E-state index in [-0.39, 0.29) is 18.3 Å². The fraction of sp³-hybridized carbons (Fsp3) is 0.316. The van der Waals surface area contributed by atoms with Crippen molar-refractivity contribution >= 4 is 24.0 Å². The molecule has 24 heavy (non-hydrogen) atoms. The summed E-state index contributed by atoms with van der Waals surface area (Å²) in [5, 5.41) is 0. The molecule has 2 N–H and O–H groups in total. The number of nitrogens with two attached hydrogens (primary N) is 1. The average molecular weight is 347 g/mol. The van der Waals surface area contributed by atoms with Crippen LogP contribution in [-0.2, 0) is 11.3 Å². The summed E-state index contributed by atoms with van der Waals surface area (Å²) in [6.07, 6.45) is 0.989. The largest absolute Gasteiger partial charge is 0.399 e. The highest BCUT2D eigenvalue weighted by molar-refractivity contribution is 5.95. The van der Waals surface area contributed by atoms with Gasteiger partial charge in [0.25, 0.3) is 5.91 Å². The lowest BCUT2D eigenvalue weighted by atomic mass is 10.1. The third kappa shape index (κ3) is 4.73. The Morgan fingerprint density at radius 3 is 2.71 bits per heavy atom. The molecular formula is C19H23ClN2O2. The van der Waals surface area contributed by atoms with Gasteiger partial charge in [0.1, 0.15) is 0 Å².